The van der Waals surface area contributed by atoms with Crippen LogP contribution in [0.5, 0.6) is 0 Å². The molecule has 31 heavy (non-hydrogen) atoms. The first-order valence-corrected chi connectivity index (χ1v) is 11.1. The Labute approximate surface area is 181 Å². The van der Waals surface area contributed by atoms with Crippen molar-refractivity contribution < 1.29 is 23.9 Å². The number of rotatable bonds is 6. The standard InChI is InChI=1S/C23H29N3O5/c1-15(17-9-8-16-6-2-3-7-18(16)12-17)24-19(27)14-31-20(28)13-26-21(29)23(25-22(26)30)10-4-5-11-23/h8-9,12,15H,2-7,10-11,13-14H2,1H3,(H,24,27)(H,25,30)/t15-/m1/s1. The van der Waals surface area contributed by atoms with Gasteiger partial charge >= 0.3 is 12.0 Å². The fourth-order valence-electron chi connectivity index (χ4n) is 4.85. The molecule has 1 heterocycles. The fraction of sp³-hybridized carbons (Fsp3) is 0.565. The molecule has 3 aliphatic rings. The van der Waals surface area contributed by atoms with Crippen LogP contribution in [0.4, 0.5) is 4.79 Å². The van der Waals surface area contributed by atoms with Crippen molar-refractivity contribution in [2.45, 2.75) is 69.9 Å². The third kappa shape index (κ3) is 4.43. The number of carbonyl (C=O) groups excluding carboxylic acids is 4. The molecule has 1 aromatic carbocycles. The van der Waals surface area contributed by atoms with Gasteiger partial charge in [0.25, 0.3) is 11.8 Å². The first-order chi connectivity index (χ1) is 14.9. The van der Waals surface area contributed by atoms with Gasteiger partial charge in [0.2, 0.25) is 0 Å². The van der Waals surface area contributed by atoms with Crippen molar-refractivity contribution in [1.29, 1.82) is 0 Å². The van der Waals surface area contributed by atoms with E-state index < -0.39 is 36.6 Å². The van der Waals surface area contributed by atoms with Crippen molar-refractivity contribution in [3.63, 3.8) is 0 Å². The summed E-state index contributed by atoms with van der Waals surface area (Å²) in [4.78, 5) is 50.0. The molecule has 4 amide bonds. The maximum Gasteiger partial charge on any atom is 0.326 e. The van der Waals surface area contributed by atoms with Gasteiger partial charge < -0.3 is 15.4 Å². The number of imide groups is 1. The first-order valence-electron chi connectivity index (χ1n) is 11.1. The normalized spacial score (nSPS) is 20.4. The van der Waals surface area contributed by atoms with E-state index in [1.807, 2.05) is 13.0 Å². The average molecular weight is 428 g/mol. The van der Waals surface area contributed by atoms with Crippen LogP contribution < -0.4 is 10.6 Å². The van der Waals surface area contributed by atoms with Crippen LogP contribution in [-0.4, -0.2) is 47.4 Å². The van der Waals surface area contributed by atoms with E-state index in [2.05, 4.69) is 22.8 Å². The minimum absolute atomic E-state index is 0.216. The van der Waals surface area contributed by atoms with Gasteiger partial charge in [0.05, 0.1) is 6.04 Å². The van der Waals surface area contributed by atoms with Crippen LogP contribution in [0.2, 0.25) is 0 Å². The molecular weight excluding hydrogens is 398 g/mol. The Morgan fingerprint density at radius 3 is 2.58 bits per heavy atom. The van der Waals surface area contributed by atoms with Crippen LogP contribution in [0.3, 0.4) is 0 Å². The number of hydrogen-bond acceptors (Lipinski definition) is 5. The van der Waals surface area contributed by atoms with Crippen molar-refractivity contribution in [3.8, 4) is 0 Å². The van der Waals surface area contributed by atoms with Crippen molar-refractivity contribution in [1.82, 2.24) is 15.5 Å². The first kappa shape index (κ1) is 21.3. The number of nitrogens with zero attached hydrogens (tertiary/aromatic N) is 1. The van der Waals surface area contributed by atoms with E-state index in [4.69, 9.17) is 4.74 Å². The van der Waals surface area contributed by atoms with Crippen LogP contribution >= 0.6 is 0 Å². The molecule has 0 radical (unpaired) electrons. The molecule has 4 rings (SSSR count). The number of ether oxygens (including phenoxy) is 1. The Bertz CT molecular complexity index is 906. The van der Waals surface area contributed by atoms with E-state index in [0.717, 1.165) is 36.1 Å². The summed E-state index contributed by atoms with van der Waals surface area (Å²) in [6, 6.07) is 5.50. The zero-order valence-corrected chi connectivity index (χ0v) is 17.9. The summed E-state index contributed by atoms with van der Waals surface area (Å²) in [5, 5.41) is 5.55. The number of carbonyl (C=O) groups is 4. The van der Waals surface area contributed by atoms with Gasteiger partial charge in [-0.15, -0.1) is 0 Å². The zero-order chi connectivity index (χ0) is 22.0. The monoisotopic (exact) mass is 427 g/mol. The molecule has 8 heteroatoms. The highest BCUT2D eigenvalue weighted by atomic mass is 16.5. The van der Waals surface area contributed by atoms with E-state index in [9.17, 15) is 19.2 Å². The third-order valence-corrected chi connectivity index (χ3v) is 6.60. The predicted octanol–water partition coefficient (Wildman–Crippen LogP) is 2.15. The maximum absolute atomic E-state index is 12.6. The molecular formula is C23H29N3O5. The fourth-order valence-corrected chi connectivity index (χ4v) is 4.85. The molecule has 1 spiro atoms. The molecule has 1 aromatic rings. The molecule has 0 bridgehead atoms. The largest absolute Gasteiger partial charge is 0.454 e. The molecule has 0 aromatic heterocycles. The Morgan fingerprint density at radius 1 is 1.13 bits per heavy atom. The van der Waals surface area contributed by atoms with Crippen LogP contribution in [0.1, 0.15) is 68.2 Å². The summed E-state index contributed by atoms with van der Waals surface area (Å²) in [6.45, 7) is 0.946. The number of aryl methyl sites for hydroxylation is 2. The lowest BCUT2D eigenvalue weighted by molar-refractivity contribution is -0.151. The summed E-state index contributed by atoms with van der Waals surface area (Å²) in [6.07, 6.45) is 7.48. The molecule has 166 valence electrons. The predicted molar refractivity (Wildman–Crippen MR) is 112 cm³/mol. The van der Waals surface area contributed by atoms with Gasteiger partial charge in [-0.25, -0.2) is 4.79 Å². The molecule has 8 nitrogen and oxygen atoms in total. The van der Waals surface area contributed by atoms with Gasteiger partial charge in [0.1, 0.15) is 12.1 Å². The minimum Gasteiger partial charge on any atom is -0.454 e. The summed E-state index contributed by atoms with van der Waals surface area (Å²) >= 11 is 0. The van der Waals surface area contributed by atoms with Gasteiger partial charge in [0.15, 0.2) is 6.61 Å². The highest BCUT2D eigenvalue weighted by Gasteiger charge is 2.52. The van der Waals surface area contributed by atoms with Crippen molar-refractivity contribution in [2.24, 2.45) is 0 Å². The Kier molecular flexibility index (Phi) is 5.98. The van der Waals surface area contributed by atoms with Crippen LogP contribution in [0.15, 0.2) is 18.2 Å². The second kappa shape index (κ2) is 8.69. The molecule has 2 fully saturated rings. The van der Waals surface area contributed by atoms with Gasteiger partial charge in [-0.2, -0.15) is 0 Å². The summed E-state index contributed by atoms with van der Waals surface area (Å²) in [5.74, 6) is -1.59. The van der Waals surface area contributed by atoms with E-state index in [-0.39, 0.29) is 11.9 Å². The Hall–Kier alpha value is -2.90. The highest BCUT2D eigenvalue weighted by molar-refractivity contribution is 6.08. The average Bonchev–Trinajstić information content (AvgIpc) is 3.32. The topological polar surface area (TPSA) is 105 Å². The second-order valence-electron chi connectivity index (χ2n) is 8.80. The number of fused-ring (bicyclic) bond motifs is 1. The van der Waals surface area contributed by atoms with Crippen molar-refractivity contribution in [3.05, 3.63) is 34.9 Å². The van der Waals surface area contributed by atoms with Gasteiger partial charge in [0, 0.05) is 0 Å². The summed E-state index contributed by atoms with van der Waals surface area (Å²) in [7, 11) is 0. The van der Waals surface area contributed by atoms with Gasteiger partial charge in [-0.3, -0.25) is 19.3 Å². The second-order valence-corrected chi connectivity index (χ2v) is 8.80. The van der Waals surface area contributed by atoms with E-state index in [1.54, 1.807) is 0 Å². The van der Waals surface area contributed by atoms with E-state index in [0.29, 0.717) is 12.8 Å². The summed E-state index contributed by atoms with van der Waals surface area (Å²) < 4.78 is 5.02. The number of amides is 4. The van der Waals surface area contributed by atoms with E-state index in [1.165, 1.54) is 24.0 Å². The van der Waals surface area contributed by atoms with Crippen LogP contribution in [0, 0.1) is 0 Å². The van der Waals surface area contributed by atoms with E-state index >= 15 is 0 Å². The Balaban J connectivity index is 1.25. The number of urea groups is 1. The minimum atomic E-state index is -0.862. The van der Waals surface area contributed by atoms with Crippen LogP contribution in [0.25, 0.3) is 0 Å². The Morgan fingerprint density at radius 2 is 1.84 bits per heavy atom. The molecule has 2 N–H and O–H groups in total. The lowest BCUT2D eigenvalue weighted by Crippen LogP contribution is -2.44. The van der Waals surface area contributed by atoms with Gasteiger partial charge in [-0.05, 0) is 62.1 Å². The van der Waals surface area contributed by atoms with Gasteiger partial charge in [-0.1, -0.05) is 31.0 Å². The smallest absolute Gasteiger partial charge is 0.326 e. The lowest BCUT2D eigenvalue weighted by Gasteiger charge is -2.20. The SMILES string of the molecule is C[C@@H](NC(=O)COC(=O)CN1C(=O)NC2(CCCC2)C1=O)c1ccc2c(c1)CCCC2. The number of benzene rings is 1. The van der Waals surface area contributed by atoms with Crippen molar-refractivity contribution >= 4 is 23.8 Å². The number of nitrogens with one attached hydrogen (secondary N) is 2. The van der Waals surface area contributed by atoms with Crippen molar-refractivity contribution in [2.75, 3.05) is 13.2 Å². The molecule has 1 atom stereocenters. The quantitative estimate of drug-likeness (QED) is 0.535. The highest BCUT2D eigenvalue weighted by Crippen LogP contribution is 2.34. The third-order valence-electron chi connectivity index (χ3n) is 6.60. The zero-order valence-electron chi connectivity index (χ0n) is 17.9. The lowest BCUT2D eigenvalue weighted by atomic mass is 9.89. The molecule has 1 saturated carbocycles. The van der Waals surface area contributed by atoms with Crippen LogP contribution in [-0.2, 0) is 32.0 Å². The molecule has 1 saturated heterocycles. The molecule has 1 aliphatic heterocycles. The maximum atomic E-state index is 12.6. The molecule has 0 unspecified atom stereocenters. The molecule has 2 aliphatic carbocycles. The summed E-state index contributed by atoms with van der Waals surface area (Å²) in [5.41, 5.74) is 2.87. The number of esters is 1. The number of hydrogen-bond donors (Lipinski definition) is 2.